The van der Waals surface area contributed by atoms with Gasteiger partial charge in [0.15, 0.2) is 12.6 Å². The molecular weight excluding hydrogens is 182 g/mol. The lowest BCUT2D eigenvalue weighted by Crippen LogP contribution is -2.38. The van der Waals surface area contributed by atoms with Gasteiger partial charge >= 0.3 is 0 Å². The Balaban J connectivity index is 3.36. The van der Waals surface area contributed by atoms with Gasteiger partial charge in [0.25, 0.3) is 0 Å². The van der Waals surface area contributed by atoms with Crippen molar-refractivity contribution in [2.24, 2.45) is 0 Å². The van der Waals surface area contributed by atoms with Crippen molar-refractivity contribution >= 4 is 0 Å². The normalized spacial score (nSPS) is 16.7. The number of nitrogens with one attached hydrogen (secondary N) is 1. The van der Waals surface area contributed by atoms with E-state index in [0.717, 1.165) is 6.54 Å². The molecule has 2 unspecified atom stereocenters. The van der Waals surface area contributed by atoms with E-state index in [9.17, 15) is 0 Å². The Hall–Kier alpha value is -0.160. The van der Waals surface area contributed by atoms with Gasteiger partial charge in [-0.2, -0.15) is 0 Å². The summed E-state index contributed by atoms with van der Waals surface area (Å²) in [6.07, 6.45) is -1.14. The van der Waals surface area contributed by atoms with Crippen molar-refractivity contribution in [2.45, 2.75) is 52.7 Å². The van der Waals surface area contributed by atoms with E-state index >= 15 is 0 Å². The van der Waals surface area contributed by atoms with Gasteiger partial charge in [0, 0.05) is 12.1 Å². The largest absolute Gasteiger partial charge is 0.368 e. The third-order valence-corrected chi connectivity index (χ3v) is 1.50. The molecule has 0 aromatic rings. The Morgan fingerprint density at radius 3 is 2.29 bits per heavy atom. The first-order chi connectivity index (χ1) is 6.31. The minimum Gasteiger partial charge on any atom is -0.368 e. The van der Waals surface area contributed by atoms with Crippen molar-refractivity contribution < 1.29 is 14.6 Å². The summed E-state index contributed by atoms with van der Waals surface area (Å²) in [5, 5.41) is 12.2. The zero-order valence-corrected chi connectivity index (χ0v) is 9.83. The van der Waals surface area contributed by atoms with Crippen molar-refractivity contribution in [2.75, 3.05) is 13.2 Å². The smallest absolute Gasteiger partial charge is 0.157 e. The molecule has 14 heavy (non-hydrogen) atoms. The van der Waals surface area contributed by atoms with Crippen LogP contribution in [0.2, 0.25) is 0 Å². The lowest BCUT2D eigenvalue weighted by molar-refractivity contribution is -0.212. The van der Waals surface area contributed by atoms with E-state index in [2.05, 4.69) is 26.1 Å². The maximum absolute atomic E-state index is 8.89. The lowest BCUT2D eigenvalue weighted by atomic mass is 10.1. The van der Waals surface area contributed by atoms with E-state index in [1.165, 1.54) is 0 Å². The molecule has 0 heterocycles. The molecule has 0 aliphatic carbocycles. The van der Waals surface area contributed by atoms with Crippen molar-refractivity contribution in [3.63, 3.8) is 0 Å². The maximum atomic E-state index is 8.89. The molecule has 0 aliphatic rings. The van der Waals surface area contributed by atoms with Gasteiger partial charge in [-0.05, 0) is 34.6 Å². The van der Waals surface area contributed by atoms with Gasteiger partial charge in [-0.15, -0.1) is 0 Å². The molecule has 86 valence electrons. The Morgan fingerprint density at radius 2 is 1.86 bits per heavy atom. The fourth-order valence-electron chi connectivity index (χ4n) is 0.968. The third kappa shape index (κ3) is 9.92. The summed E-state index contributed by atoms with van der Waals surface area (Å²) in [4.78, 5) is 0. The Morgan fingerprint density at radius 1 is 1.29 bits per heavy atom. The summed E-state index contributed by atoms with van der Waals surface area (Å²) in [6, 6.07) is 0. The van der Waals surface area contributed by atoms with E-state index in [1.807, 2.05) is 0 Å². The summed E-state index contributed by atoms with van der Waals surface area (Å²) < 4.78 is 10.3. The molecule has 0 spiro atoms. The first-order valence-corrected chi connectivity index (χ1v) is 5.01. The van der Waals surface area contributed by atoms with Crippen LogP contribution in [0, 0.1) is 0 Å². The molecule has 4 nitrogen and oxygen atoms in total. The predicted molar refractivity (Wildman–Crippen MR) is 55.9 cm³/mol. The summed E-state index contributed by atoms with van der Waals surface area (Å²) in [6.45, 7) is 11.0. The van der Waals surface area contributed by atoms with Crippen molar-refractivity contribution in [3.05, 3.63) is 0 Å². The molecule has 0 bridgehead atoms. The summed E-state index contributed by atoms with van der Waals surface area (Å²) in [5.74, 6) is 0. The van der Waals surface area contributed by atoms with Gasteiger partial charge in [0.2, 0.25) is 0 Å². The first-order valence-electron chi connectivity index (χ1n) is 5.01. The van der Waals surface area contributed by atoms with Crippen LogP contribution in [0.25, 0.3) is 0 Å². The second-order valence-electron chi connectivity index (χ2n) is 4.35. The summed E-state index contributed by atoms with van der Waals surface area (Å²) in [7, 11) is 0. The highest BCUT2D eigenvalue weighted by atomic mass is 16.7. The number of hydrogen-bond acceptors (Lipinski definition) is 4. The predicted octanol–water partition coefficient (Wildman–Crippen LogP) is 1.09. The van der Waals surface area contributed by atoms with E-state index in [4.69, 9.17) is 14.6 Å². The van der Waals surface area contributed by atoms with Crippen molar-refractivity contribution in [1.82, 2.24) is 5.32 Å². The molecule has 0 saturated carbocycles. The molecule has 0 aliphatic heterocycles. The Labute approximate surface area is 86.6 Å². The number of rotatable bonds is 6. The molecule has 0 aromatic heterocycles. The third-order valence-electron chi connectivity index (χ3n) is 1.50. The Bertz CT molecular complexity index is 143. The van der Waals surface area contributed by atoms with Gasteiger partial charge < -0.3 is 19.9 Å². The maximum Gasteiger partial charge on any atom is 0.157 e. The quantitative estimate of drug-likeness (QED) is 0.503. The standard InChI is InChI=1S/C10H23NO3/c1-8(12)14-9(2)13-7-6-11-10(3,4)5/h8-9,11-12H,6-7H2,1-5H3. The zero-order chi connectivity index (χ0) is 11.2. The highest BCUT2D eigenvalue weighted by molar-refractivity contribution is 4.69. The summed E-state index contributed by atoms with van der Waals surface area (Å²) >= 11 is 0. The van der Waals surface area contributed by atoms with Crippen LogP contribution in [0.4, 0.5) is 0 Å². The van der Waals surface area contributed by atoms with Crippen LogP contribution >= 0.6 is 0 Å². The number of ether oxygens (including phenoxy) is 2. The lowest BCUT2D eigenvalue weighted by Gasteiger charge is -2.21. The average molecular weight is 205 g/mol. The molecule has 4 heteroatoms. The van der Waals surface area contributed by atoms with Gasteiger partial charge in [0.05, 0.1) is 6.61 Å². The van der Waals surface area contributed by atoms with Crippen molar-refractivity contribution in [3.8, 4) is 0 Å². The first kappa shape index (κ1) is 13.8. The minimum absolute atomic E-state index is 0.109. The average Bonchev–Trinajstić information content (AvgIpc) is 1.95. The number of hydrogen-bond donors (Lipinski definition) is 2. The molecule has 0 radical (unpaired) electrons. The van der Waals surface area contributed by atoms with Gasteiger partial charge in [-0.1, -0.05) is 0 Å². The van der Waals surface area contributed by atoms with Crippen LogP contribution < -0.4 is 5.32 Å². The molecular formula is C10H23NO3. The van der Waals surface area contributed by atoms with Crippen LogP contribution in [0.5, 0.6) is 0 Å². The molecule has 0 rings (SSSR count). The SMILES string of the molecule is CC(O)OC(C)OCCNC(C)(C)C. The van der Waals surface area contributed by atoms with Crippen LogP contribution in [-0.4, -0.2) is 36.4 Å². The van der Waals surface area contributed by atoms with E-state index in [1.54, 1.807) is 13.8 Å². The fourth-order valence-corrected chi connectivity index (χ4v) is 0.968. The van der Waals surface area contributed by atoms with E-state index in [-0.39, 0.29) is 11.8 Å². The van der Waals surface area contributed by atoms with Gasteiger partial charge in [0.1, 0.15) is 0 Å². The van der Waals surface area contributed by atoms with Crippen LogP contribution in [0.15, 0.2) is 0 Å². The Kier molecular flexibility index (Phi) is 6.27. The number of aliphatic hydroxyl groups excluding tert-OH is 1. The molecule has 0 fully saturated rings. The highest BCUT2D eigenvalue weighted by Crippen LogP contribution is 1.99. The monoisotopic (exact) mass is 205 g/mol. The topological polar surface area (TPSA) is 50.7 Å². The summed E-state index contributed by atoms with van der Waals surface area (Å²) in [5.41, 5.74) is 0.109. The van der Waals surface area contributed by atoms with Crippen molar-refractivity contribution in [1.29, 1.82) is 0 Å². The van der Waals surface area contributed by atoms with Crippen LogP contribution in [-0.2, 0) is 9.47 Å². The van der Waals surface area contributed by atoms with E-state index < -0.39 is 6.29 Å². The second-order valence-corrected chi connectivity index (χ2v) is 4.35. The highest BCUT2D eigenvalue weighted by Gasteiger charge is 2.09. The van der Waals surface area contributed by atoms with Crippen LogP contribution in [0.3, 0.4) is 0 Å². The molecule has 2 atom stereocenters. The number of aliphatic hydroxyl groups is 1. The zero-order valence-electron chi connectivity index (χ0n) is 9.83. The molecule has 0 saturated heterocycles. The second kappa shape index (κ2) is 6.35. The van der Waals surface area contributed by atoms with Crippen LogP contribution in [0.1, 0.15) is 34.6 Å². The van der Waals surface area contributed by atoms with Gasteiger partial charge in [-0.25, -0.2) is 0 Å². The molecule has 0 amide bonds. The molecule has 2 N–H and O–H groups in total. The fraction of sp³-hybridized carbons (Fsp3) is 1.00. The minimum atomic E-state index is -0.777. The van der Waals surface area contributed by atoms with E-state index in [0.29, 0.717) is 6.61 Å². The van der Waals surface area contributed by atoms with Gasteiger partial charge in [-0.3, -0.25) is 0 Å². The molecule has 0 aromatic carbocycles.